The minimum absolute atomic E-state index is 0.378. The van der Waals surface area contributed by atoms with Crippen molar-refractivity contribution in [3.63, 3.8) is 0 Å². The van der Waals surface area contributed by atoms with Crippen molar-refractivity contribution in [2.24, 2.45) is 0 Å². The average molecular weight is 275 g/mol. The zero-order valence-corrected chi connectivity index (χ0v) is 11.6. The fraction of sp³-hybridized carbons (Fsp3) is 0.111. The molecule has 102 valence electrons. The maximum Gasteiger partial charge on any atom is 0.337 e. The van der Waals surface area contributed by atoms with Crippen LogP contribution in [0.2, 0.25) is 0 Å². The van der Waals surface area contributed by atoms with Crippen molar-refractivity contribution in [2.45, 2.75) is 13.3 Å². The molecule has 0 amide bonds. The van der Waals surface area contributed by atoms with Crippen LogP contribution in [0.15, 0.2) is 42.5 Å². The molecule has 0 atom stereocenters. The summed E-state index contributed by atoms with van der Waals surface area (Å²) in [5.74, 6) is -0.888. The highest BCUT2D eigenvalue weighted by molar-refractivity contribution is 6.10. The lowest BCUT2D eigenvalue weighted by Gasteiger charge is -2.11. The molecule has 1 aromatic heterocycles. The van der Waals surface area contributed by atoms with Crippen LogP contribution in [0.3, 0.4) is 0 Å². The van der Waals surface area contributed by atoms with E-state index in [1.807, 2.05) is 49.4 Å². The van der Waals surface area contributed by atoms with E-state index in [2.05, 4.69) is 0 Å². The topological polar surface area (TPSA) is 50.2 Å². The van der Waals surface area contributed by atoms with Gasteiger partial charge in [0.25, 0.3) is 0 Å². The van der Waals surface area contributed by atoms with Crippen LogP contribution < -0.4 is 0 Å². The summed E-state index contributed by atoms with van der Waals surface area (Å²) in [5, 5.41) is 10.5. The van der Waals surface area contributed by atoms with Gasteiger partial charge in [0.2, 0.25) is 0 Å². The predicted octanol–water partition coefficient (Wildman–Crippen LogP) is 3.81. The summed E-state index contributed by atoms with van der Waals surface area (Å²) in [6, 6.07) is 13.7. The fourth-order valence-corrected chi connectivity index (χ4v) is 3.22. The number of aromatic nitrogens is 1. The van der Waals surface area contributed by atoms with Gasteiger partial charge in [-0.15, -0.1) is 0 Å². The zero-order chi connectivity index (χ0) is 14.6. The van der Waals surface area contributed by atoms with Gasteiger partial charge in [0, 0.05) is 17.4 Å². The van der Waals surface area contributed by atoms with Crippen LogP contribution in [-0.2, 0) is 6.42 Å². The Morgan fingerprint density at radius 2 is 1.95 bits per heavy atom. The standard InChI is InChI=1S/C18H13NO2/c1-10-5-4-8-13-16(18(20)21)15-12-7-3-2-6-11(12)9-14(15)19-17(10)13/h2-8H,9H2,1H3,(H,20,21). The van der Waals surface area contributed by atoms with Crippen molar-refractivity contribution in [1.29, 1.82) is 0 Å². The molecule has 0 radical (unpaired) electrons. The van der Waals surface area contributed by atoms with Crippen LogP contribution in [0.1, 0.15) is 27.2 Å². The van der Waals surface area contributed by atoms with Gasteiger partial charge in [-0.25, -0.2) is 4.79 Å². The Kier molecular flexibility index (Phi) is 2.39. The molecule has 3 nitrogen and oxygen atoms in total. The number of carboxylic acids is 1. The van der Waals surface area contributed by atoms with E-state index < -0.39 is 5.97 Å². The summed E-state index contributed by atoms with van der Waals surface area (Å²) in [6.07, 6.45) is 0.704. The van der Waals surface area contributed by atoms with E-state index in [0.717, 1.165) is 38.9 Å². The first kappa shape index (κ1) is 12.1. The number of carbonyl (C=O) groups is 1. The van der Waals surface area contributed by atoms with Crippen LogP contribution in [0.5, 0.6) is 0 Å². The van der Waals surface area contributed by atoms with E-state index in [9.17, 15) is 9.90 Å². The van der Waals surface area contributed by atoms with Gasteiger partial charge in [0.05, 0.1) is 16.8 Å². The highest BCUT2D eigenvalue weighted by atomic mass is 16.4. The molecule has 0 fully saturated rings. The lowest BCUT2D eigenvalue weighted by Crippen LogP contribution is -2.04. The second-order valence-corrected chi connectivity index (χ2v) is 5.42. The molecule has 2 aromatic carbocycles. The Labute approximate surface area is 121 Å². The van der Waals surface area contributed by atoms with Gasteiger partial charge >= 0.3 is 5.97 Å². The van der Waals surface area contributed by atoms with Gasteiger partial charge in [-0.2, -0.15) is 0 Å². The van der Waals surface area contributed by atoms with Crippen molar-refractivity contribution >= 4 is 16.9 Å². The number of fused-ring (bicyclic) bond motifs is 4. The zero-order valence-electron chi connectivity index (χ0n) is 11.6. The number of carboxylic acid groups (broad SMARTS) is 1. The Morgan fingerprint density at radius 1 is 1.14 bits per heavy atom. The van der Waals surface area contributed by atoms with E-state index in [1.54, 1.807) is 0 Å². The summed E-state index contributed by atoms with van der Waals surface area (Å²) in [4.78, 5) is 16.6. The highest BCUT2D eigenvalue weighted by Gasteiger charge is 2.27. The maximum atomic E-state index is 11.9. The van der Waals surface area contributed by atoms with Crippen LogP contribution in [0.4, 0.5) is 0 Å². The van der Waals surface area contributed by atoms with Gasteiger partial charge in [0.15, 0.2) is 0 Å². The lowest BCUT2D eigenvalue weighted by molar-refractivity contribution is 0.0699. The second-order valence-electron chi connectivity index (χ2n) is 5.42. The van der Waals surface area contributed by atoms with E-state index >= 15 is 0 Å². The normalized spacial score (nSPS) is 12.2. The molecule has 0 bridgehead atoms. The molecule has 4 rings (SSSR count). The largest absolute Gasteiger partial charge is 0.478 e. The van der Waals surface area contributed by atoms with Crippen LogP contribution in [-0.4, -0.2) is 16.1 Å². The van der Waals surface area contributed by atoms with E-state index in [4.69, 9.17) is 4.98 Å². The van der Waals surface area contributed by atoms with Gasteiger partial charge in [-0.05, 0) is 23.6 Å². The molecule has 0 saturated heterocycles. The third-order valence-electron chi connectivity index (χ3n) is 4.15. The molecule has 3 heteroatoms. The summed E-state index contributed by atoms with van der Waals surface area (Å²) in [5.41, 5.74) is 5.99. The number of nitrogens with zero attached hydrogens (tertiary/aromatic N) is 1. The maximum absolute atomic E-state index is 11.9. The van der Waals surface area contributed by atoms with Crippen molar-refractivity contribution in [3.8, 4) is 11.1 Å². The third kappa shape index (κ3) is 1.61. The molecule has 0 unspecified atom stereocenters. The minimum Gasteiger partial charge on any atom is -0.478 e. The quantitative estimate of drug-likeness (QED) is 0.574. The van der Waals surface area contributed by atoms with Crippen LogP contribution >= 0.6 is 0 Å². The van der Waals surface area contributed by atoms with Gasteiger partial charge in [0.1, 0.15) is 0 Å². The molecule has 1 aliphatic carbocycles. The molecule has 1 aliphatic rings. The average Bonchev–Trinajstić information content (AvgIpc) is 2.83. The molecule has 3 aromatic rings. The fourth-order valence-electron chi connectivity index (χ4n) is 3.22. The smallest absolute Gasteiger partial charge is 0.337 e. The van der Waals surface area contributed by atoms with Crippen molar-refractivity contribution < 1.29 is 9.90 Å². The summed E-state index contributed by atoms with van der Waals surface area (Å²) in [7, 11) is 0. The molecular weight excluding hydrogens is 262 g/mol. The third-order valence-corrected chi connectivity index (χ3v) is 4.15. The van der Waals surface area contributed by atoms with Crippen LogP contribution in [0.25, 0.3) is 22.0 Å². The van der Waals surface area contributed by atoms with Crippen molar-refractivity contribution in [2.75, 3.05) is 0 Å². The van der Waals surface area contributed by atoms with E-state index in [1.165, 1.54) is 0 Å². The first-order valence-electron chi connectivity index (χ1n) is 6.90. The molecule has 0 aliphatic heterocycles. The van der Waals surface area contributed by atoms with Gasteiger partial charge in [-0.1, -0.05) is 42.5 Å². The van der Waals surface area contributed by atoms with E-state index in [-0.39, 0.29) is 0 Å². The molecule has 1 N–H and O–H groups in total. The first-order valence-corrected chi connectivity index (χ1v) is 6.90. The monoisotopic (exact) mass is 275 g/mol. The van der Waals surface area contributed by atoms with E-state index in [0.29, 0.717) is 12.0 Å². The summed E-state index contributed by atoms with van der Waals surface area (Å²) >= 11 is 0. The lowest BCUT2D eigenvalue weighted by atomic mass is 9.97. The number of pyridine rings is 1. The molecule has 0 saturated carbocycles. The molecule has 0 spiro atoms. The Bertz CT molecular complexity index is 912. The first-order chi connectivity index (χ1) is 10.2. The van der Waals surface area contributed by atoms with Crippen molar-refractivity contribution in [3.05, 3.63) is 64.8 Å². The number of hydrogen-bond acceptors (Lipinski definition) is 2. The van der Waals surface area contributed by atoms with Crippen LogP contribution in [0, 0.1) is 6.92 Å². The Morgan fingerprint density at radius 3 is 2.76 bits per heavy atom. The predicted molar refractivity (Wildman–Crippen MR) is 81.7 cm³/mol. The number of hydrogen-bond donors (Lipinski definition) is 1. The molecular formula is C18H13NO2. The van der Waals surface area contributed by atoms with Gasteiger partial charge < -0.3 is 5.11 Å². The highest BCUT2D eigenvalue weighted by Crippen LogP contribution is 2.41. The summed E-state index contributed by atoms with van der Waals surface area (Å²) < 4.78 is 0. The minimum atomic E-state index is -0.888. The number of benzene rings is 2. The summed E-state index contributed by atoms with van der Waals surface area (Å²) in [6.45, 7) is 1.97. The second kappa shape index (κ2) is 4.16. The number of para-hydroxylation sites is 1. The number of aromatic carboxylic acids is 1. The Hall–Kier alpha value is -2.68. The molecule has 1 heterocycles. The Balaban J connectivity index is 2.20. The molecule has 21 heavy (non-hydrogen) atoms. The van der Waals surface area contributed by atoms with Gasteiger partial charge in [-0.3, -0.25) is 4.98 Å². The van der Waals surface area contributed by atoms with Crippen molar-refractivity contribution in [1.82, 2.24) is 4.98 Å². The number of aryl methyl sites for hydroxylation is 1. The SMILES string of the molecule is Cc1cccc2c(C(=O)O)c3c(nc12)Cc1ccccc1-3. The number of rotatable bonds is 1.